The maximum Gasteiger partial charge on any atom is 0.137 e. The molecule has 0 radical (unpaired) electrons. The fourth-order valence-corrected chi connectivity index (χ4v) is 3.11. The van der Waals surface area contributed by atoms with Gasteiger partial charge in [0, 0.05) is 29.3 Å². The highest BCUT2D eigenvalue weighted by Crippen LogP contribution is 2.24. The Balaban J connectivity index is 1.70. The third-order valence-electron chi connectivity index (χ3n) is 4.41. The van der Waals surface area contributed by atoms with E-state index in [1.54, 1.807) is 6.20 Å². The van der Waals surface area contributed by atoms with E-state index in [0.29, 0.717) is 0 Å². The monoisotopic (exact) mass is 325 g/mol. The average Bonchev–Trinajstić information content (AvgIpc) is 3.01. The molecular weight excluding hydrogens is 306 g/mol. The Bertz CT molecular complexity index is 980. The van der Waals surface area contributed by atoms with Gasteiger partial charge >= 0.3 is 0 Å². The van der Waals surface area contributed by atoms with Crippen molar-refractivity contribution < 1.29 is 0 Å². The van der Waals surface area contributed by atoms with E-state index in [1.165, 1.54) is 11.4 Å². The number of rotatable bonds is 3. The normalized spacial score (nSPS) is 10.8. The molecule has 3 heterocycles. The fourth-order valence-electron chi connectivity index (χ4n) is 3.11. The van der Waals surface area contributed by atoms with E-state index in [4.69, 9.17) is 4.98 Å². The summed E-state index contributed by atoms with van der Waals surface area (Å²) in [5.41, 5.74) is 6.74. The van der Waals surface area contributed by atoms with Crippen LogP contribution in [0.2, 0.25) is 0 Å². The molecule has 0 aliphatic heterocycles. The van der Waals surface area contributed by atoms with Crippen molar-refractivity contribution in [3.05, 3.63) is 90.5 Å². The van der Waals surface area contributed by atoms with Gasteiger partial charge in [0.25, 0.3) is 0 Å². The molecule has 0 N–H and O–H groups in total. The molecule has 1 aromatic carbocycles. The van der Waals surface area contributed by atoms with E-state index >= 15 is 0 Å². The van der Waals surface area contributed by atoms with Crippen molar-refractivity contribution in [2.45, 2.75) is 13.8 Å². The molecule has 0 aliphatic rings. The number of aromatic nitrogens is 3. The number of hydrogen-bond donors (Lipinski definition) is 0. The van der Waals surface area contributed by atoms with Gasteiger partial charge in [0.1, 0.15) is 5.82 Å². The lowest BCUT2D eigenvalue weighted by molar-refractivity contribution is 0.924. The average molecular weight is 325 g/mol. The van der Waals surface area contributed by atoms with Crippen LogP contribution in [0.5, 0.6) is 0 Å². The summed E-state index contributed by atoms with van der Waals surface area (Å²) in [6.07, 6.45) is 3.67. The first-order valence-electron chi connectivity index (χ1n) is 8.35. The highest BCUT2D eigenvalue weighted by Gasteiger charge is 2.07. The molecule has 4 aromatic rings. The summed E-state index contributed by atoms with van der Waals surface area (Å²) < 4.78 is 2.17. The molecule has 0 aliphatic carbocycles. The quantitative estimate of drug-likeness (QED) is 0.517. The van der Waals surface area contributed by atoms with Gasteiger partial charge in [0.2, 0.25) is 0 Å². The standard InChI is InChI=1S/C22H19N3/c1-16-8-9-17(2)25(16)22-7-3-6-21(24-22)19-12-10-18(11-13-19)20-5-4-14-23-15-20/h3-15H,1-2H3. The maximum absolute atomic E-state index is 4.86. The van der Waals surface area contributed by atoms with Crippen molar-refractivity contribution in [1.29, 1.82) is 0 Å². The van der Waals surface area contributed by atoms with Crippen molar-refractivity contribution in [3.8, 4) is 28.2 Å². The topological polar surface area (TPSA) is 30.7 Å². The Kier molecular flexibility index (Phi) is 3.90. The van der Waals surface area contributed by atoms with Crippen molar-refractivity contribution in [2.75, 3.05) is 0 Å². The lowest BCUT2D eigenvalue weighted by atomic mass is 10.0. The van der Waals surface area contributed by atoms with Crippen molar-refractivity contribution in [3.63, 3.8) is 0 Å². The number of nitrogens with zero attached hydrogens (tertiary/aromatic N) is 3. The predicted molar refractivity (Wildman–Crippen MR) is 102 cm³/mol. The second-order valence-electron chi connectivity index (χ2n) is 6.15. The van der Waals surface area contributed by atoms with Crippen molar-refractivity contribution in [2.24, 2.45) is 0 Å². The van der Waals surface area contributed by atoms with Crippen LogP contribution in [0.3, 0.4) is 0 Å². The van der Waals surface area contributed by atoms with Gasteiger partial charge < -0.3 is 4.57 Å². The Hall–Kier alpha value is -3.20. The van der Waals surface area contributed by atoms with Crippen LogP contribution in [0, 0.1) is 13.8 Å². The van der Waals surface area contributed by atoms with Gasteiger partial charge in [-0.3, -0.25) is 4.98 Å². The predicted octanol–water partition coefficient (Wildman–Crippen LogP) is 5.22. The van der Waals surface area contributed by atoms with Gasteiger partial charge in [-0.25, -0.2) is 4.98 Å². The Morgan fingerprint density at radius 3 is 2.08 bits per heavy atom. The summed E-state index contributed by atoms with van der Waals surface area (Å²) in [5, 5.41) is 0. The molecule has 3 aromatic heterocycles. The zero-order valence-electron chi connectivity index (χ0n) is 14.3. The minimum Gasteiger partial charge on any atom is -0.303 e. The molecule has 0 amide bonds. The largest absolute Gasteiger partial charge is 0.303 e. The Labute approximate surface area is 147 Å². The molecule has 0 saturated heterocycles. The van der Waals surface area contributed by atoms with Crippen LogP contribution in [0.25, 0.3) is 28.2 Å². The third-order valence-corrected chi connectivity index (χ3v) is 4.41. The van der Waals surface area contributed by atoms with E-state index < -0.39 is 0 Å². The minimum absolute atomic E-state index is 0.953. The lowest BCUT2D eigenvalue weighted by Gasteiger charge is -2.10. The molecule has 3 heteroatoms. The van der Waals surface area contributed by atoms with Crippen molar-refractivity contribution >= 4 is 0 Å². The molecular formula is C22H19N3. The first-order valence-corrected chi connectivity index (χ1v) is 8.35. The number of benzene rings is 1. The number of hydrogen-bond acceptors (Lipinski definition) is 2. The molecule has 0 fully saturated rings. The molecule has 4 rings (SSSR count). The fraction of sp³-hybridized carbons (Fsp3) is 0.0909. The molecule has 0 saturated carbocycles. The van der Waals surface area contributed by atoms with E-state index in [0.717, 1.165) is 28.2 Å². The maximum atomic E-state index is 4.86. The summed E-state index contributed by atoms with van der Waals surface area (Å²) in [7, 11) is 0. The summed E-state index contributed by atoms with van der Waals surface area (Å²) in [4.78, 5) is 9.04. The number of pyridine rings is 2. The van der Waals surface area contributed by atoms with Crippen LogP contribution in [-0.2, 0) is 0 Å². The minimum atomic E-state index is 0.953. The van der Waals surface area contributed by atoms with Crippen molar-refractivity contribution in [1.82, 2.24) is 14.5 Å². The molecule has 0 unspecified atom stereocenters. The summed E-state index contributed by atoms with van der Waals surface area (Å²) in [6, 6.07) is 22.9. The van der Waals surface area contributed by atoms with Gasteiger partial charge in [-0.1, -0.05) is 36.4 Å². The van der Waals surface area contributed by atoms with Crippen LogP contribution >= 0.6 is 0 Å². The summed E-state index contributed by atoms with van der Waals surface area (Å²) in [5.74, 6) is 0.953. The second kappa shape index (κ2) is 6.36. The van der Waals surface area contributed by atoms with Crippen LogP contribution < -0.4 is 0 Å². The van der Waals surface area contributed by atoms with Gasteiger partial charge in [-0.05, 0) is 55.3 Å². The van der Waals surface area contributed by atoms with Gasteiger partial charge in [0.15, 0.2) is 0 Å². The van der Waals surface area contributed by atoms with Crippen LogP contribution in [0.1, 0.15) is 11.4 Å². The van der Waals surface area contributed by atoms with E-state index in [-0.39, 0.29) is 0 Å². The number of aryl methyl sites for hydroxylation is 2. The van der Waals surface area contributed by atoms with Gasteiger partial charge in [0.05, 0.1) is 5.69 Å². The summed E-state index contributed by atoms with van der Waals surface area (Å²) >= 11 is 0. The molecule has 0 atom stereocenters. The molecule has 122 valence electrons. The van der Waals surface area contributed by atoms with E-state index in [1.807, 2.05) is 18.3 Å². The van der Waals surface area contributed by atoms with E-state index in [9.17, 15) is 0 Å². The van der Waals surface area contributed by atoms with E-state index in [2.05, 4.69) is 78.0 Å². The zero-order chi connectivity index (χ0) is 17.2. The third kappa shape index (κ3) is 2.96. The molecule has 25 heavy (non-hydrogen) atoms. The molecule has 0 bridgehead atoms. The van der Waals surface area contributed by atoms with Crippen LogP contribution in [0.4, 0.5) is 0 Å². The van der Waals surface area contributed by atoms with Crippen LogP contribution in [-0.4, -0.2) is 14.5 Å². The lowest BCUT2D eigenvalue weighted by Crippen LogP contribution is -2.02. The SMILES string of the molecule is Cc1ccc(C)n1-c1cccc(-c2ccc(-c3cccnc3)cc2)n1. The Morgan fingerprint density at radius 1 is 0.680 bits per heavy atom. The molecule has 3 nitrogen and oxygen atoms in total. The Morgan fingerprint density at radius 2 is 1.40 bits per heavy atom. The first kappa shape index (κ1) is 15.3. The van der Waals surface area contributed by atoms with Gasteiger partial charge in [-0.2, -0.15) is 0 Å². The van der Waals surface area contributed by atoms with Crippen LogP contribution in [0.15, 0.2) is 79.1 Å². The smallest absolute Gasteiger partial charge is 0.137 e. The highest BCUT2D eigenvalue weighted by molar-refractivity contribution is 5.68. The van der Waals surface area contributed by atoms with Gasteiger partial charge in [-0.15, -0.1) is 0 Å². The zero-order valence-corrected chi connectivity index (χ0v) is 14.3. The highest BCUT2D eigenvalue weighted by atomic mass is 15.1. The molecule has 0 spiro atoms. The summed E-state index contributed by atoms with van der Waals surface area (Å²) in [6.45, 7) is 4.20. The first-order chi connectivity index (χ1) is 12.2. The second-order valence-corrected chi connectivity index (χ2v) is 6.15.